The second kappa shape index (κ2) is 7.03. The van der Waals surface area contributed by atoms with Crippen LogP contribution in [0.3, 0.4) is 0 Å². The van der Waals surface area contributed by atoms with E-state index in [1.54, 1.807) is 32.0 Å². The third-order valence-corrected chi connectivity index (χ3v) is 6.52. The molecule has 0 saturated heterocycles. The molecule has 0 bridgehead atoms. The summed E-state index contributed by atoms with van der Waals surface area (Å²) in [5.41, 5.74) is 8.60. The van der Waals surface area contributed by atoms with E-state index >= 15 is 0 Å². The Labute approximate surface area is 167 Å². The smallest absolute Gasteiger partial charge is 0.161 e. The second-order valence-electron chi connectivity index (χ2n) is 6.50. The highest BCUT2D eigenvalue weighted by atomic mass is 32.2. The first-order valence-electron chi connectivity index (χ1n) is 8.70. The van der Waals surface area contributed by atoms with Gasteiger partial charge < -0.3 is 20.1 Å². The molecule has 7 heteroatoms. The van der Waals surface area contributed by atoms with Gasteiger partial charge >= 0.3 is 0 Å². The van der Waals surface area contributed by atoms with Crippen molar-refractivity contribution < 1.29 is 9.47 Å². The van der Waals surface area contributed by atoms with E-state index < -0.39 is 11.8 Å². The molecule has 2 N–H and O–H groups in total. The summed E-state index contributed by atoms with van der Waals surface area (Å²) in [5.74, 6) is 0.638. The Balaban J connectivity index is 1.88. The normalized spacial score (nSPS) is 22.7. The number of nitrogens with zero attached hydrogens (tertiary/aromatic N) is 3. The number of rotatable bonds is 3. The lowest BCUT2D eigenvalue weighted by Gasteiger charge is -2.39. The van der Waals surface area contributed by atoms with E-state index in [2.05, 4.69) is 12.1 Å². The van der Waals surface area contributed by atoms with Crippen molar-refractivity contribution in [2.24, 2.45) is 11.7 Å². The van der Waals surface area contributed by atoms with Crippen LogP contribution >= 0.6 is 11.8 Å². The Morgan fingerprint density at radius 1 is 1.07 bits per heavy atom. The van der Waals surface area contributed by atoms with Gasteiger partial charge in [-0.3, -0.25) is 0 Å². The highest BCUT2D eigenvalue weighted by molar-refractivity contribution is 8.00. The van der Waals surface area contributed by atoms with Gasteiger partial charge in [0.05, 0.1) is 43.5 Å². The molecule has 3 atom stereocenters. The summed E-state index contributed by atoms with van der Waals surface area (Å²) >= 11 is 1.61. The van der Waals surface area contributed by atoms with Gasteiger partial charge in [0.1, 0.15) is 11.2 Å². The Morgan fingerprint density at radius 2 is 1.82 bits per heavy atom. The molecule has 140 valence electrons. The summed E-state index contributed by atoms with van der Waals surface area (Å²) in [6, 6.07) is 18.0. The predicted octanol–water partition coefficient (Wildman–Crippen LogP) is 3.57. The van der Waals surface area contributed by atoms with Gasteiger partial charge in [-0.2, -0.15) is 10.5 Å². The van der Waals surface area contributed by atoms with Crippen molar-refractivity contribution in [2.75, 3.05) is 19.1 Å². The molecular weight excluding hydrogens is 372 g/mol. The maximum Gasteiger partial charge on any atom is 0.161 e. The molecule has 3 unspecified atom stereocenters. The third kappa shape index (κ3) is 2.56. The van der Waals surface area contributed by atoms with Gasteiger partial charge in [0.15, 0.2) is 11.5 Å². The van der Waals surface area contributed by atoms with Crippen LogP contribution in [0.25, 0.3) is 0 Å². The first kappa shape index (κ1) is 18.1. The van der Waals surface area contributed by atoms with E-state index in [-0.39, 0.29) is 5.37 Å². The molecule has 0 spiro atoms. The summed E-state index contributed by atoms with van der Waals surface area (Å²) in [6.07, 6.45) is 0. The molecule has 28 heavy (non-hydrogen) atoms. The molecule has 2 aliphatic heterocycles. The number of thioether (sulfide) groups is 1. The minimum absolute atomic E-state index is 0.197. The van der Waals surface area contributed by atoms with Crippen molar-refractivity contribution in [3.8, 4) is 23.6 Å². The van der Waals surface area contributed by atoms with Gasteiger partial charge in [-0.1, -0.05) is 30.0 Å². The number of methoxy groups -OCH3 is 2. The van der Waals surface area contributed by atoms with Crippen LogP contribution in [0.2, 0.25) is 0 Å². The number of nitrogens with two attached hydrogens (primary N) is 1. The average Bonchev–Trinajstić information content (AvgIpc) is 3.12. The van der Waals surface area contributed by atoms with Crippen molar-refractivity contribution in [2.45, 2.75) is 16.2 Å². The van der Waals surface area contributed by atoms with Crippen LogP contribution in [-0.2, 0) is 0 Å². The van der Waals surface area contributed by atoms with Gasteiger partial charge in [-0.05, 0) is 29.8 Å². The van der Waals surface area contributed by atoms with Crippen molar-refractivity contribution in [3.63, 3.8) is 0 Å². The van der Waals surface area contributed by atoms with Crippen LogP contribution in [0.5, 0.6) is 11.5 Å². The van der Waals surface area contributed by atoms with Gasteiger partial charge in [0.25, 0.3) is 0 Å². The standard InChI is InChI=1S/C21H18N4O2S/c1-26-16-8-7-12(9-17(16)27-2)19-13(10-22)20(24)25-15-5-3-4-6-18(15)28-21(25)14(19)11-23/h3-9,14,19,21H,24H2,1-2H3. The zero-order valence-corrected chi connectivity index (χ0v) is 16.2. The van der Waals surface area contributed by atoms with Gasteiger partial charge in [0.2, 0.25) is 0 Å². The molecule has 2 aromatic rings. The number of nitriles is 2. The molecule has 0 saturated carbocycles. The molecule has 2 aliphatic rings. The molecule has 0 aliphatic carbocycles. The zero-order chi connectivity index (χ0) is 19.8. The molecule has 0 fully saturated rings. The molecule has 4 rings (SSSR count). The summed E-state index contributed by atoms with van der Waals surface area (Å²) in [4.78, 5) is 2.98. The van der Waals surface area contributed by atoms with Crippen LogP contribution in [-0.4, -0.2) is 19.6 Å². The molecule has 0 amide bonds. The average molecular weight is 390 g/mol. The van der Waals surface area contributed by atoms with Crippen LogP contribution in [0.1, 0.15) is 11.5 Å². The van der Waals surface area contributed by atoms with E-state index in [1.807, 2.05) is 41.3 Å². The first-order chi connectivity index (χ1) is 13.6. The van der Waals surface area contributed by atoms with E-state index in [0.29, 0.717) is 22.9 Å². The molecular formula is C21H18N4O2S. The lowest BCUT2D eigenvalue weighted by atomic mass is 9.78. The summed E-state index contributed by atoms with van der Waals surface area (Å²) in [6.45, 7) is 0. The van der Waals surface area contributed by atoms with Crippen LogP contribution in [0.15, 0.2) is 58.8 Å². The summed E-state index contributed by atoms with van der Waals surface area (Å²) in [5, 5.41) is 19.8. The fourth-order valence-corrected chi connectivity index (χ4v) is 5.30. The van der Waals surface area contributed by atoms with Crippen molar-refractivity contribution in [3.05, 3.63) is 59.4 Å². The van der Waals surface area contributed by atoms with Gasteiger partial charge in [-0.15, -0.1) is 0 Å². The van der Waals surface area contributed by atoms with Gasteiger partial charge in [-0.25, -0.2) is 0 Å². The minimum atomic E-state index is -0.461. The molecule has 2 aromatic carbocycles. The van der Waals surface area contributed by atoms with Crippen molar-refractivity contribution >= 4 is 17.4 Å². The quantitative estimate of drug-likeness (QED) is 0.856. The van der Waals surface area contributed by atoms with Gasteiger partial charge in [0, 0.05) is 10.8 Å². The van der Waals surface area contributed by atoms with Crippen molar-refractivity contribution in [1.82, 2.24) is 0 Å². The van der Waals surface area contributed by atoms with E-state index in [1.165, 1.54) is 0 Å². The zero-order valence-electron chi connectivity index (χ0n) is 15.4. The second-order valence-corrected chi connectivity index (χ2v) is 7.66. The number of ether oxygens (including phenoxy) is 2. The molecule has 2 heterocycles. The SMILES string of the molecule is COc1ccc(C2C(C#N)=C(N)N3c4ccccc4SC3C2C#N)cc1OC. The van der Waals surface area contributed by atoms with Crippen LogP contribution in [0.4, 0.5) is 5.69 Å². The molecule has 0 aromatic heterocycles. The lowest BCUT2D eigenvalue weighted by molar-refractivity contribution is 0.354. The van der Waals surface area contributed by atoms with Crippen molar-refractivity contribution in [1.29, 1.82) is 10.5 Å². The Kier molecular flexibility index (Phi) is 4.54. The number of fused-ring (bicyclic) bond motifs is 3. The number of para-hydroxylation sites is 1. The minimum Gasteiger partial charge on any atom is -0.493 e. The number of hydrogen-bond donors (Lipinski definition) is 1. The number of anilines is 1. The summed E-state index contributed by atoms with van der Waals surface area (Å²) in [7, 11) is 3.13. The molecule has 0 radical (unpaired) electrons. The third-order valence-electron chi connectivity index (χ3n) is 5.18. The monoisotopic (exact) mass is 390 g/mol. The maximum atomic E-state index is 10.1. The number of hydrogen-bond acceptors (Lipinski definition) is 7. The Hall–Kier alpha value is -3.29. The molecule has 6 nitrogen and oxygen atoms in total. The van der Waals surface area contributed by atoms with E-state index in [4.69, 9.17) is 15.2 Å². The fourth-order valence-electron chi connectivity index (χ4n) is 3.90. The van der Waals surface area contributed by atoms with E-state index in [9.17, 15) is 10.5 Å². The van der Waals surface area contributed by atoms with E-state index in [0.717, 1.165) is 16.1 Å². The number of benzene rings is 2. The topological polar surface area (TPSA) is 95.3 Å². The lowest BCUT2D eigenvalue weighted by Crippen LogP contribution is -2.45. The largest absolute Gasteiger partial charge is 0.493 e. The summed E-state index contributed by atoms with van der Waals surface area (Å²) < 4.78 is 10.7. The fraction of sp³-hybridized carbons (Fsp3) is 0.238. The van der Waals surface area contributed by atoms with Crippen LogP contribution in [0, 0.1) is 28.6 Å². The highest BCUT2D eigenvalue weighted by Crippen LogP contribution is 2.54. The highest BCUT2D eigenvalue weighted by Gasteiger charge is 2.48. The Bertz CT molecular complexity index is 1050. The number of allylic oxidation sites excluding steroid dienone is 1. The predicted molar refractivity (Wildman–Crippen MR) is 107 cm³/mol. The first-order valence-corrected chi connectivity index (χ1v) is 9.58. The Morgan fingerprint density at radius 3 is 2.50 bits per heavy atom. The maximum absolute atomic E-state index is 10.1. The van der Waals surface area contributed by atoms with Crippen LogP contribution < -0.4 is 20.1 Å².